The monoisotopic (exact) mass is 265 g/mol. The quantitative estimate of drug-likeness (QED) is 0.622. The molecule has 2 N–H and O–H groups in total. The summed E-state index contributed by atoms with van der Waals surface area (Å²) in [5.41, 5.74) is 1.17. The van der Waals surface area contributed by atoms with Crippen molar-refractivity contribution in [2.24, 2.45) is 0 Å². The van der Waals surface area contributed by atoms with Crippen LogP contribution >= 0.6 is 0 Å². The normalized spacial score (nSPS) is 10.4. The van der Waals surface area contributed by atoms with Gasteiger partial charge in [0.25, 0.3) is 0 Å². The van der Waals surface area contributed by atoms with Crippen LogP contribution in [0.2, 0.25) is 0 Å². The molecule has 1 aromatic heterocycles. The highest BCUT2D eigenvalue weighted by atomic mass is 16.5. The van der Waals surface area contributed by atoms with E-state index in [1.54, 1.807) is 13.3 Å². The molecule has 1 aromatic rings. The molecule has 1 rings (SSSR count). The number of carbonyl (C=O) groups excluding carboxylic acids is 1. The fraction of sp³-hybridized carbons (Fsp3) is 0.571. The van der Waals surface area contributed by atoms with E-state index in [4.69, 9.17) is 4.74 Å². The number of rotatable bonds is 10. The highest BCUT2D eigenvalue weighted by Gasteiger charge is 1.99. The molecule has 0 saturated carbocycles. The lowest BCUT2D eigenvalue weighted by atomic mass is 10.3. The first kappa shape index (κ1) is 15.6. The smallest absolute Gasteiger partial charge is 0.220 e. The number of methoxy groups -OCH3 is 1. The van der Waals surface area contributed by atoms with Crippen LogP contribution in [-0.2, 0) is 16.1 Å². The van der Waals surface area contributed by atoms with E-state index in [9.17, 15) is 4.79 Å². The van der Waals surface area contributed by atoms with Gasteiger partial charge in [0.15, 0.2) is 0 Å². The van der Waals surface area contributed by atoms with Crippen molar-refractivity contribution in [3.8, 4) is 0 Å². The molecule has 0 aliphatic carbocycles. The molecule has 0 aliphatic heterocycles. The molecular formula is C14H23N3O2. The van der Waals surface area contributed by atoms with Crippen LogP contribution in [0.25, 0.3) is 0 Å². The maximum Gasteiger partial charge on any atom is 0.220 e. The predicted octanol–water partition coefficient (Wildman–Crippen LogP) is 1.10. The van der Waals surface area contributed by atoms with Gasteiger partial charge in [-0.1, -0.05) is 6.07 Å². The zero-order valence-corrected chi connectivity index (χ0v) is 11.5. The molecular weight excluding hydrogens is 242 g/mol. The number of nitrogens with one attached hydrogen (secondary N) is 2. The van der Waals surface area contributed by atoms with Crippen LogP contribution in [0, 0.1) is 0 Å². The van der Waals surface area contributed by atoms with E-state index in [1.807, 2.05) is 18.3 Å². The van der Waals surface area contributed by atoms with Crippen molar-refractivity contribution in [3.63, 3.8) is 0 Å². The van der Waals surface area contributed by atoms with Crippen LogP contribution in [0.15, 0.2) is 24.5 Å². The zero-order chi connectivity index (χ0) is 13.8. The van der Waals surface area contributed by atoms with Gasteiger partial charge >= 0.3 is 0 Å². The summed E-state index contributed by atoms with van der Waals surface area (Å²) < 4.78 is 4.90. The van der Waals surface area contributed by atoms with E-state index in [0.717, 1.165) is 25.9 Å². The van der Waals surface area contributed by atoms with Crippen molar-refractivity contribution in [3.05, 3.63) is 30.1 Å². The first-order valence-electron chi connectivity index (χ1n) is 6.68. The van der Waals surface area contributed by atoms with E-state index >= 15 is 0 Å². The van der Waals surface area contributed by atoms with Gasteiger partial charge < -0.3 is 15.4 Å². The molecule has 5 heteroatoms. The first-order chi connectivity index (χ1) is 9.33. The molecule has 1 amide bonds. The standard InChI is InChI=1S/C14H23N3O2/c1-19-10-3-6-14(18)17-9-4-8-16-12-13-5-2-7-15-11-13/h2,5,7,11,16H,3-4,6,8-10,12H2,1H3,(H,17,18). The number of ether oxygens (including phenoxy) is 1. The Bertz CT molecular complexity index is 344. The van der Waals surface area contributed by atoms with Gasteiger partial charge in [0, 0.05) is 45.6 Å². The Morgan fingerprint density at radius 2 is 2.26 bits per heavy atom. The number of pyridine rings is 1. The van der Waals surface area contributed by atoms with E-state index < -0.39 is 0 Å². The van der Waals surface area contributed by atoms with Crippen molar-refractivity contribution >= 4 is 5.91 Å². The van der Waals surface area contributed by atoms with E-state index in [0.29, 0.717) is 19.6 Å². The highest BCUT2D eigenvalue weighted by molar-refractivity contribution is 5.75. The molecule has 0 atom stereocenters. The van der Waals surface area contributed by atoms with Crippen LogP contribution in [0.3, 0.4) is 0 Å². The van der Waals surface area contributed by atoms with Gasteiger partial charge in [-0.05, 0) is 31.0 Å². The van der Waals surface area contributed by atoms with Crippen LogP contribution in [0.1, 0.15) is 24.8 Å². The molecule has 19 heavy (non-hydrogen) atoms. The van der Waals surface area contributed by atoms with Crippen LogP contribution in [0.5, 0.6) is 0 Å². The molecule has 106 valence electrons. The molecule has 1 heterocycles. The summed E-state index contributed by atoms with van der Waals surface area (Å²) in [6, 6.07) is 3.97. The van der Waals surface area contributed by atoms with Crippen molar-refractivity contribution in [1.29, 1.82) is 0 Å². The minimum absolute atomic E-state index is 0.101. The topological polar surface area (TPSA) is 63.2 Å². The number of carbonyl (C=O) groups is 1. The Morgan fingerprint density at radius 1 is 1.37 bits per heavy atom. The lowest BCUT2D eigenvalue weighted by Gasteiger charge is -2.06. The number of amides is 1. The van der Waals surface area contributed by atoms with Gasteiger partial charge in [-0.3, -0.25) is 9.78 Å². The van der Waals surface area contributed by atoms with Crippen molar-refractivity contribution in [2.75, 3.05) is 26.8 Å². The third-order valence-electron chi connectivity index (χ3n) is 2.66. The fourth-order valence-electron chi connectivity index (χ4n) is 1.64. The van der Waals surface area contributed by atoms with Crippen molar-refractivity contribution in [2.45, 2.75) is 25.8 Å². The van der Waals surface area contributed by atoms with Gasteiger partial charge in [-0.25, -0.2) is 0 Å². The Balaban J connectivity index is 1.92. The summed E-state index contributed by atoms with van der Waals surface area (Å²) in [4.78, 5) is 15.4. The van der Waals surface area contributed by atoms with Crippen LogP contribution in [0.4, 0.5) is 0 Å². The lowest BCUT2D eigenvalue weighted by Crippen LogP contribution is -2.27. The average Bonchev–Trinajstić information content (AvgIpc) is 2.44. The summed E-state index contributed by atoms with van der Waals surface area (Å²) in [6.07, 6.45) is 5.86. The van der Waals surface area contributed by atoms with E-state index in [2.05, 4.69) is 15.6 Å². The van der Waals surface area contributed by atoms with Crippen LogP contribution in [-0.4, -0.2) is 37.7 Å². The Hall–Kier alpha value is -1.46. The second-order valence-corrected chi connectivity index (χ2v) is 4.34. The summed E-state index contributed by atoms with van der Waals surface area (Å²) in [5.74, 6) is 0.101. The Kier molecular flexibility index (Phi) is 8.59. The van der Waals surface area contributed by atoms with Crippen LogP contribution < -0.4 is 10.6 Å². The first-order valence-corrected chi connectivity index (χ1v) is 6.68. The summed E-state index contributed by atoms with van der Waals surface area (Å²) in [6.45, 7) is 3.05. The third-order valence-corrected chi connectivity index (χ3v) is 2.66. The molecule has 0 aromatic carbocycles. The second-order valence-electron chi connectivity index (χ2n) is 4.34. The molecule has 0 radical (unpaired) electrons. The van der Waals surface area contributed by atoms with Gasteiger partial charge in [-0.2, -0.15) is 0 Å². The molecule has 0 aliphatic rings. The SMILES string of the molecule is COCCCC(=O)NCCCNCc1cccnc1. The Labute approximate surface area is 114 Å². The maximum absolute atomic E-state index is 11.4. The summed E-state index contributed by atoms with van der Waals surface area (Å²) in [5, 5.41) is 6.21. The molecule has 0 fully saturated rings. The van der Waals surface area contributed by atoms with Crippen molar-refractivity contribution < 1.29 is 9.53 Å². The molecule has 5 nitrogen and oxygen atoms in total. The van der Waals surface area contributed by atoms with Crippen molar-refractivity contribution in [1.82, 2.24) is 15.6 Å². The average molecular weight is 265 g/mol. The van der Waals surface area contributed by atoms with E-state index in [1.165, 1.54) is 5.56 Å². The van der Waals surface area contributed by atoms with Gasteiger partial charge in [0.05, 0.1) is 0 Å². The summed E-state index contributed by atoms with van der Waals surface area (Å²) >= 11 is 0. The number of nitrogens with zero attached hydrogens (tertiary/aromatic N) is 1. The minimum atomic E-state index is 0.101. The molecule has 0 unspecified atom stereocenters. The molecule has 0 spiro atoms. The number of hydrogen-bond acceptors (Lipinski definition) is 4. The molecule has 0 bridgehead atoms. The zero-order valence-electron chi connectivity index (χ0n) is 11.5. The lowest BCUT2D eigenvalue weighted by molar-refractivity contribution is -0.121. The summed E-state index contributed by atoms with van der Waals surface area (Å²) in [7, 11) is 1.64. The Morgan fingerprint density at radius 3 is 3.00 bits per heavy atom. The number of aromatic nitrogens is 1. The highest BCUT2D eigenvalue weighted by Crippen LogP contribution is 1.94. The van der Waals surface area contributed by atoms with Gasteiger partial charge in [0.2, 0.25) is 5.91 Å². The maximum atomic E-state index is 11.4. The fourth-order valence-corrected chi connectivity index (χ4v) is 1.64. The van der Waals surface area contributed by atoms with Gasteiger partial charge in [-0.15, -0.1) is 0 Å². The van der Waals surface area contributed by atoms with Gasteiger partial charge in [0.1, 0.15) is 0 Å². The minimum Gasteiger partial charge on any atom is -0.385 e. The molecule has 0 saturated heterocycles. The number of hydrogen-bond donors (Lipinski definition) is 2. The van der Waals surface area contributed by atoms with E-state index in [-0.39, 0.29) is 5.91 Å². The second kappa shape index (κ2) is 10.5. The third kappa shape index (κ3) is 8.29. The largest absolute Gasteiger partial charge is 0.385 e. The predicted molar refractivity (Wildman–Crippen MR) is 74.7 cm³/mol.